The summed E-state index contributed by atoms with van der Waals surface area (Å²) in [5, 5.41) is 5.85. The minimum absolute atomic E-state index is 0. The van der Waals surface area contributed by atoms with E-state index in [2.05, 4.69) is 20.4 Å². The zero-order valence-electron chi connectivity index (χ0n) is 16.5. The number of aliphatic imine (C=N–C) groups is 1. The van der Waals surface area contributed by atoms with Gasteiger partial charge in [-0.05, 0) is 35.4 Å². The molecule has 0 radical (unpaired) electrons. The number of carbonyl (C=O) groups is 1. The van der Waals surface area contributed by atoms with Crippen LogP contribution in [-0.4, -0.2) is 44.5 Å². The van der Waals surface area contributed by atoms with Crippen LogP contribution < -0.4 is 15.4 Å². The normalized spacial score (nSPS) is 10.9. The van der Waals surface area contributed by atoms with Gasteiger partial charge in [-0.1, -0.05) is 24.3 Å². The summed E-state index contributed by atoms with van der Waals surface area (Å²) < 4.78 is 28.8. The maximum absolute atomic E-state index is 12.2. The third-order valence-electron chi connectivity index (χ3n) is 4.01. The Morgan fingerprint density at radius 2 is 1.86 bits per heavy atom. The third-order valence-corrected chi connectivity index (χ3v) is 4.01. The number of hydrogen-bond donors (Lipinski definition) is 2. The Hall–Kier alpha value is -2.43. The summed E-state index contributed by atoms with van der Waals surface area (Å²) in [4.78, 5) is 17.9. The molecule has 1 amide bonds. The van der Waals surface area contributed by atoms with Crippen LogP contribution in [0.4, 0.5) is 8.78 Å². The highest BCUT2D eigenvalue weighted by Crippen LogP contribution is 2.16. The summed E-state index contributed by atoms with van der Waals surface area (Å²) in [6.07, 6.45) is 0. The molecule has 9 heteroatoms. The van der Waals surface area contributed by atoms with E-state index in [4.69, 9.17) is 0 Å². The molecule has 0 fully saturated rings. The third kappa shape index (κ3) is 7.84. The summed E-state index contributed by atoms with van der Waals surface area (Å²) in [6, 6.07) is 13.8. The summed E-state index contributed by atoms with van der Waals surface area (Å²) >= 11 is 0. The number of nitrogens with zero attached hydrogens (tertiary/aromatic N) is 2. The zero-order chi connectivity index (χ0) is 20.5. The molecule has 0 spiro atoms. The molecule has 158 valence electrons. The Balaban J connectivity index is 0.00000420. The van der Waals surface area contributed by atoms with Crippen molar-refractivity contribution < 1.29 is 18.3 Å². The number of amides is 1. The van der Waals surface area contributed by atoms with Gasteiger partial charge >= 0.3 is 6.61 Å². The van der Waals surface area contributed by atoms with Crippen LogP contribution in [0.5, 0.6) is 5.75 Å². The highest BCUT2D eigenvalue weighted by atomic mass is 127. The van der Waals surface area contributed by atoms with E-state index in [1.165, 1.54) is 12.1 Å². The molecule has 0 atom stereocenters. The molecule has 2 aromatic rings. The number of benzene rings is 2. The van der Waals surface area contributed by atoms with Gasteiger partial charge in [-0.15, -0.1) is 24.0 Å². The number of halogens is 3. The topological polar surface area (TPSA) is 66.0 Å². The van der Waals surface area contributed by atoms with Crippen molar-refractivity contribution in [3.63, 3.8) is 0 Å². The number of carbonyl (C=O) groups excluding carboxylic acids is 1. The number of nitrogens with one attached hydrogen (secondary N) is 2. The number of rotatable bonds is 7. The second-order valence-electron chi connectivity index (χ2n) is 6.06. The molecular weight excluding hydrogens is 493 g/mol. The molecule has 0 unspecified atom stereocenters. The van der Waals surface area contributed by atoms with Crippen molar-refractivity contribution in [1.82, 2.24) is 15.5 Å². The van der Waals surface area contributed by atoms with Crippen LogP contribution in [0.15, 0.2) is 53.5 Å². The van der Waals surface area contributed by atoms with Crippen LogP contribution in [-0.2, 0) is 13.1 Å². The Labute approximate surface area is 186 Å². The maximum Gasteiger partial charge on any atom is 0.387 e. The average Bonchev–Trinajstić information content (AvgIpc) is 2.69. The summed E-state index contributed by atoms with van der Waals surface area (Å²) in [5.41, 5.74) is 2.47. The lowest BCUT2D eigenvalue weighted by Gasteiger charge is -2.22. The van der Waals surface area contributed by atoms with Gasteiger partial charge in [-0.3, -0.25) is 9.79 Å². The SMILES string of the molecule is CN=C(NCc1cccc(C(=O)NC)c1)N(C)Cc1ccc(OC(F)F)cc1.I. The fraction of sp³-hybridized carbons (Fsp3) is 0.300. The van der Waals surface area contributed by atoms with Gasteiger partial charge < -0.3 is 20.3 Å². The smallest absolute Gasteiger partial charge is 0.387 e. The first-order valence-corrected chi connectivity index (χ1v) is 8.69. The summed E-state index contributed by atoms with van der Waals surface area (Å²) in [5.74, 6) is 0.653. The summed E-state index contributed by atoms with van der Waals surface area (Å²) in [7, 11) is 5.15. The molecule has 0 aliphatic rings. The van der Waals surface area contributed by atoms with E-state index in [9.17, 15) is 13.6 Å². The van der Waals surface area contributed by atoms with Crippen molar-refractivity contribution in [3.8, 4) is 5.75 Å². The molecule has 0 aliphatic heterocycles. The van der Waals surface area contributed by atoms with Crippen LogP contribution in [0.3, 0.4) is 0 Å². The zero-order valence-corrected chi connectivity index (χ0v) is 18.8. The molecule has 2 aromatic carbocycles. The molecule has 2 rings (SSSR count). The van der Waals surface area contributed by atoms with Crippen LogP contribution in [0.25, 0.3) is 0 Å². The highest BCUT2D eigenvalue weighted by Gasteiger charge is 2.09. The van der Waals surface area contributed by atoms with Crippen molar-refractivity contribution in [3.05, 3.63) is 65.2 Å². The van der Waals surface area contributed by atoms with E-state index < -0.39 is 6.61 Å². The van der Waals surface area contributed by atoms with Crippen molar-refractivity contribution in [2.24, 2.45) is 4.99 Å². The minimum atomic E-state index is -2.83. The van der Waals surface area contributed by atoms with E-state index in [-0.39, 0.29) is 35.6 Å². The van der Waals surface area contributed by atoms with E-state index in [0.29, 0.717) is 24.6 Å². The Morgan fingerprint density at radius 1 is 1.17 bits per heavy atom. The minimum Gasteiger partial charge on any atom is -0.435 e. The lowest BCUT2D eigenvalue weighted by molar-refractivity contribution is -0.0498. The average molecular weight is 518 g/mol. The highest BCUT2D eigenvalue weighted by molar-refractivity contribution is 14.0. The quantitative estimate of drug-likeness (QED) is 0.335. The van der Waals surface area contributed by atoms with Crippen molar-refractivity contribution in [1.29, 1.82) is 0 Å². The largest absolute Gasteiger partial charge is 0.435 e. The van der Waals surface area contributed by atoms with Gasteiger partial charge in [0.15, 0.2) is 5.96 Å². The number of guanidine groups is 1. The van der Waals surface area contributed by atoms with Crippen LogP contribution in [0, 0.1) is 0 Å². The maximum atomic E-state index is 12.2. The fourth-order valence-corrected chi connectivity index (χ4v) is 2.66. The van der Waals surface area contributed by atoms with Gasteiger partial charge in [-0.2, -0.15) is 8.78 Å². The molecule has 2 N–H and O–H groups in total. The molecule has 0 heterocycles. The lowest BCUT2D eigenvalue weighted by Crippen LogP contribution is -2.38. The fourth-order valence-electron chi connectivity index (χ4n) is 2.66. The number of alkyl halides is 2. The number of ether oxygens (including phenoxy) is 1. The molecule has 6 nitrogen and oxygen atoms in total. The lowest BCUT2D eigenvalue weighted by atomic mass is 10.1. The van der Waals surface area contributed by atoms with Crippen molar-refractivity contribution in [2.45, 2.75) is 19.7 Å². The van der Waals surface area contributed by atoms with Crippen LogP contribution >= 0.6 is 24.0 Å². The van der Waals surface area contributed by atoms with Crippen LogP contribution in [0.2, 0.25) is 0 Å². The first kappa shape index (κ1) is 24.6. The van der Waals surface area contributed by atoms with Gasteiger partial charge in [0.25, 0.3) is 5.91 Å². The molecule has 0 saturated heterocycles. The van der Waals surface area contributed by atoms with Gasteiger partial charge in [0.1, 0.15) is 5.75 Å². The predicted molar refractivity (Wildman–Crippen MR) is 120 cm³/mol. The Bertz CT molecular complexity index is 816. The van der Waals surface area contributed by atoms with E-state index in [0.717, 1.165) is 11.1 Å². The van der Waals surface area contributed by atoms with E-state index >= 15 is 0 Å². The van der Waals surface area contributed by atoms with Gasteiger partial charge in [-0.25, -0.2) is 0 Å². The van der Waals surface area contributed by atoms with Crippen molar-refractivity contribution >= 4 is 35.8 Å². The Kier molecular flexibility index (Phi) is 10.4. The molecule has 0 saturated carbocycles. The first-order chi connectivity index (χ1) is 13.4. The van der Waals surface area contributed by atoms with Gasteiger partial charge in [0.05, 0.1) is 0 Å². The molecule has 0 bridgehead atoms. The monoisotopic (exact) mass is 518 g/mol. The van der Waals surface area contributed by atoms with Gasteiger partial charge in [0.2, 0.25) is 0 Å². The molecule has 29 heavy (non-hydrogen) atoms. The molecular formula is C20H25F2IN4O2. The van der Waals surface area contributed by atoms with Crippen molar-refractivity contribution in [2.75, 3.05) is 21.1 Å². The van der Waals surface area contributed by atoms with E-state index in [1.54, 1.807) is 32.3 Å². The summed E-state index contributed by atoms with van der Waals surface area (Å²) in [6.45, 7) is -1.80. The van der Waals surface area contributed by atoms with Crippen LogP contribution in [0.1, 0.15) is 21.5 Å². The van der Waals surface area contributed by atoms with E-state index in [1.807, 2.05) is 30.1 Å². The molecule has 0 aliphatic carbocycles. The molecule has 0 aromatic heterocycles. The van der Waals surface area contributed by atoms with Gasteiger partial charge in [0, 0.05) is 39.8 Å². The second kappa shape index (κ2) is 12.2. The second-order valence-corrected chi connectivity index (χ2v) is 6.06. The Morgan fingerprint density at radius 3 is 2.45 bits per heavy atom. The standard InChI is InChI=1S/C20H24F2N4O2.HI/c1-23-18(27)16-6-4-5-15(11-16)12-25-20(24-2)26(3)13-14-7-9-17(10-8-14)28-19(21)22;/h4-11,19H,12-13H2,1-3H3,(H,23,27)(H,24,25);1H. The first-order valence-electron chi connectivity index (χ1n) is 8.69. The predicted octanol–water partition coefficient (Wildman–Crippen LogP) is 3.47. The number of hydrogen-bond acceptors (Lipinski definition) is 3.